The molecule has 1 amide bonds. The smallest absolute Gasteiger partial charge is 0.352 e. The molecule has 6 heteroatoms. The normalized spacial score (nSPS) is 21.6. The van der Waals surface area contributed by atoms with Gasteiger partial charge >= 0.3 is 5.97 Å². The predicted octanol–water partition coefficient (Wildman–Crippen LogP) is 1.64. The van der Waals surface area contributed by atoms with Gasteiger partial charge in [0.2, 0.25) is 5.91 Å². The van der Waals surface area contributed by atoms with Crippen LogP contribution in [0.1, 0.15) is 32.8 Å². The summed E-state index contributed by atoms with van der Waals surface area (Å²) in [5, 5.41) is 24.8. The van der Waals surface area contributed by atoms with Gasteiger partial charge in [0.25, 0.3) is 0 Å². The van der Waals surface area contributed by atoms with Crippen LogP contribution in [0.4, 0.5) is 0 Å². The molecule has 0 saturated heterocycles. The van der Waals surface area contributed by atoms with Gasteiger partial charge in [-0.05, 0) is 5.56 Å². The number of nitrogens with zero attached hydrogens (tertiary/aromatic N) is 2. The minimum absolute atomic E-state index is 0.0512. The van der Waals surface area contributed by atoms with Crippen LogP contribution in [0.5, 0.6) is 0 Å². The summed E-state index contributed by atoms with van der Waals surface area (Å²) in [6.07, 6.45) is -0.137. The summed E-state index contributed by atoms with van der Waals surface area (Å²) < 4.78 is 0. The highest BCUT2D eigenvalue weighted by Gasteiger charge is 2.53. The number of hydrogen-bond acceptors (Lipinski definition) is 4. The van der Waals surface area contributed by atoms with Crippen LogP contribution in [0.25, 0.3) is 0 Å². The van der Waals surface area contributed by atoms with E-state index in [2.05, 4.69) is 5.10 Å². The number of hydrogen-bond donors (Lipinski definition) is 2. The van der Waals surface area contributed by atoms with E-state index in [1.807, 2.05) is 18.2 Å². The van der Waals surface area contributed by atoms with Gasteiger partial charge < -0.3 is 10.2 Å². The first-order chi connectivity index (χ1) is 10.1. The third-order valence-electron chi connectivity index (χ3n) is 3.87. The fourth-order valence-corrected chi connectivity index (χ4v) is 2.36. The standard InChI is InChI=1S/C16H20N2O4/c1-15(2,3)16(22)10-12(14(20)21)17-18(16)13(19)9-11-7-5-4-6-8-11/h4-8,22H,9-10H2,1-3H3,(H,20,21). The van der Waals surface area contributed by atoms with Crippen molar-refractivity contribution in [3.63, 3.8) is 0 Å². The number of carboxylic acid groups (broad SMARTS) is 1. The second-order valence-corrected chi connectivity index (χ2v) is 6.46. The monoisotopic (exact) mass is 304 g/mol. The first-order valence-electron chi connectivity index (χ1n) is 7.05. The molecular formula is C16H20N2O4. The van der Waals surface area contributed by atoms with Crippen molar-refractivity contribution in [1.29, 1.82) is 0 Å². The van der Waals surface area contributed by atoms with Crippen molar-refractivity contribution in [3.8, 4) is 0 Å². The molecule has 0 radical (unpaired) electrons. The van der Waals surface area contributed by atoms with E-state index in [0.717, 1.165) is 10.6 Å². The lowest BCUT2D eigenvalue weighted by molar-refractivity contribution is -0.181. The molecule has 0 spiro atoms. The van der Waals surface area contributed by atoms with Crippen LogP contribution in [0.2, 0.25) is 0 Å². The van der Waals surface area contributed by atoms with E-state index < -0.39 is 23.0 Å². The summed E-state index contributed by atoms with van der Waals surface area (Å²) in [6, 6.07) is 9.07. The number of amides is 1. The Kier molecular flexibility index (Phi) is 4.06. The van der Waals surface area contributed by atoms with Crippen LogP contribution < -0.4 is 0 Å². The zero-order valence-corrected chi connectivity index (χ0v) is 12.9. The molecular weight excluding hydrogens is 284 g/mol. The van der Waals surface area contributed by atoms with Crippen LogP contribution in [-0.4, -0.2) is 38.5 Å². The molecule has 1 aliphatic rings. The zero-order chi connectivity index (χ0) is 16.5. The van der Waals surface area contributed by atoms with E-state index in [-0.39, 0.29) is 18.6 Å². The summed E-state index contributed by atoms with van der Waals surface area (Å²) in [7, 11) is 0. The molecule has 0 aromatic heterocycles. The minimum Gasteiger partial charge on any atom is -0.477 e. The van der Waals surface area contributed by atoms with Crippen LogP contribution in [-0.2, 0) is 16.0 Å². The fourth-order valence-electron chi connectivity index (χ4n) is 2.36. The molecule has 1 aromatic carbocycles. The van der Waals surface area contributed by atoms with Crippen LogP contribution in [0, 0.1) is 5.41 Å². The van der Waals surface area contributed by atoms with Crippen molar-refractivity contribution in [2.45, 2.75) is 39.3 Å². The van der Waals surface area contributed by atoms with Gasteiger partial charge in [-0.2, -0.15) is 5.10 Å². The van der Waals surface area contributed by atoms with Gasteiger partial charge in [-0.3, -0.25) is 4.79 Å². The highest BCUT2D eigenvalue weighted by Crippen LogP contribution is 2.40. The number of aliphatic carboxylic acids is 1. The lowest BCUT2D eigenvalue weighted by Crippen LogP contribution is -2.55. The van der Waals surface area contributed by atoms with E-state index in [9.17, 15) is 14.7 Å². The van der Waals surface area contributed by atoms with Crippen molar-refractivity contribution in [2.75, 3.05) is 0 Å². The maximum Gasteiger partial charge on any atom is 0.352 e. The summed E-state index contributed by atoms with van der Waals surface area (Å²) in [5.41, 5.74) is -1.81. The maximum atomic E-state index is 12.5. The largest absolute Gasteiger partial charge is 0.477 e. The highest BCUT2D eigenvalue weighted by molar-refractivity contribution is 6.36. The number of hydrazone groups is 1. The molecule has 2 N–H and O–H groups in total. The molecule has 6 nitrogen and oxygen atoms in total. The summed E-state index contributed by atoms with van der Waals surface area (Å²) in [4.78, 5) is 23.7. The molecule has 0 bridgehead atoms. The number of rotatable bonds is 3. The molecule has 0 fully saturated rings. The molecule has 1 atom stereocenters. The Morgan fingerprint density at radius 1 is 1.27 bits per heavy atom. The zero-order valence-electron chi connectivity index (χ0n) is 12.9. The highest BCUT2D eigenvalue weighted by atomic mass is 16.4. The molecule has 1 aromatic rings. The van der Waals surface area contributed by atoms with Crippen molar-refractivity contribution < 1.29 is 19.8 Å². The van der Waals surface area contributed by atoms with Gasteiger partial charge in [0.15, 0.2) is 11.4 Å². The Balaban J connectivity index is 2.31. The fraction of sp³-hybridized carbons (Fsp3) is 0.438. The molecule has 22 heavy (non-hydrogen) atoms. The minimum atomic E-state index is -1.65. The van der Waals surface area contributed by atoms with Crippen molar-refractivity contribution in [2.24, 2.45) is 10.5 Å². The molecule has 1 aliphatic heterocycles. The Morgan fingerprint density at radius 2 is 1.86 bits per heavy atom. The second kappa shape index (κ2) is 5.53. The number of aliphatic hydroxyl groups is 1. The average Bonchev–Trinajstić information content (AvgIpc) is 2.79. The Labute approximate surface area is 129 Å². The van der Waals surface area contributed by atoms with Crippen molar-refractivity contribution in [3.05, 3.63) is 35.9 Å². The lowest BCUT2D eigenvalue weighted by atomic mass is 9.80. The molecule has 0 saturated carbocycles. The van der Waals surface area contributed by atoms with Gasteiger partial charge in [-0.15, -0.1) is 0 Å². The summed E-state index contributed by atoms with van der Waals surface area (Å²) in [6.45, 7) is 5.24. The lowest BCUT2D eigenvalue weighted by Gasteiger charge is -2.41. The van der Waals surface area contributed by atoms with E-state index >= 15 is 0 Å². The van der Waals surface area contributed by atoms with Gasteiger partial charge in [0.05, 0.1) is 6.42 Å². The Hall–Kier alpha value is -2.21. The average molecular weight is 304 g/mol. The molecule has 2 rings (SSSR count). The number of benzene rings is 1. The first-order valence-corrected chi connectivity index (χ1v) is 7.05. The predicted molar refractivity (Wildman–Crippen MR) is 81.1 cm³/mol. The maximum absolute atomic E-state index is 12.5. The van der Waals surface area contributed by atoms with E-state index in [0.29, 0.717) is 0 Å². The number of carbonyl (C=O) groups excluding carboxylic acids is 1. The quantitative estimate of drug-likeness (QED) is 0.888. The molecule has 118 valence electrons. The SMILES string of the molecule is CC(C)(C)C1(O)CC(C(=O)O)=NN1C(=O)Cc1ccccc1. The van der Waals surface area contributed by atoms with E-state index in [1.165, 1.54) is 0 Å². The molecule has 1 unspecified atom stereocenters. The number of carboxylic acids is 1. The van der Waals surface area contributed by atoms with Crippen LogP contribution in [0.15, 0.2) is 35.4 Å². The Morgan fingerprint density at radius 3 is 2.36 bits per heavy atom. The topological polar surface area (TPSA) is 90.2 Å². The number of carbonyl (C=O) groups is 2. The molecule has 0 aliphatic carbocycles. The van der Waals surface area contributed by atoms with E-state index in [1.54, 1.807) is 32.9 Å². The third-order valence-corrected chi connectivity index (χ3v) is 3.87. The first kappa shape index (κ1) is 16.2. The summed E-state index contributed by atoms with van der Waals surface area (Å²) >= 11 is 0. The van der Waals surface area contributed by atoms with Gasteiger partial charge in [-0.25, -0.2) is 9.80 Å². The van der Waals surface area contributed by atoms with Gasteiger partial charge in [0.1, 0.15) is 0 Å². The second-order valence-electron chi connectivity index (χ2n) is 6.46. The van der Waals surface area contributed by atoms with Crippen molar-refractivity contribution in [1.82, 2.24) is 5.01 Å². The van der Waals surface area contributed by atoms with Crippen LogP contribution in [0.3, 0.4) is 0 Å². The third kappa shape index (κ3) is 2.87. The van der Waals surface area contributed by atoms with Gasteiger partial charge in [0, 0.05) is 11.8 Å². The van der Waals surface area contributed by atoms with Gasteiger partial charge in [-0.1, -0.05) is 51.1 Å². The summed E-state index contributed by atoms with van der Waals surface area (Å²) in [5.74, 6) is -1.66. The Bertz CT molecular complexity index is 619. The van der Waals surface area contributed by atoms with Crippen LogP contribution >= 0.6 is 0 Å². The van der Waals surface area contributed by atoms with E-state index in [4.69, 9.17) is 5.11 Å². The molecule has 1 heterocycles. The van der Waals surface area contributed by atoms with Crippen molar-refractivity contribution >= 4 is 17.6 Å².